The Balaban J connectivity index is 1.48. The van der Waals surface area contributed by atoms with Crippen molar-refractivity contribution in [3.8, 4) is 0 Å². The highest BCUT2D eigenvalue weighted by atomic mass is 35.5. The number of non-ortho nitro benzene ring substituents is 1. The minimum Gasteiger partial charge on any atom is -0.454 e. The summed E-state index contributed by atoms with van der Waals surface area (Å²) in [6.45, 7) is -1.05. The van der Waals surface area contributed by atoms with Crippen LogP contribution in [0.5, 0.6) is 0 Å². The minimum atomic E-state index is -0.835. The van der Waals surface area contributed by atoms with Gasteiger partial charge in [0.15, 0.2) is 6.61 Å². The molecule has 0 fully saturated rings. The van der Waals surface area contributed by atoms with Gasteiger partial charge >= 0.3 is 5.97 Å². The lowest BCUT2D eigenvalue weighted by molar-refractivity contribution is -0.384. The van der Waals surface area contributed by atoms with E-state index in [0.29, 0.717) is 10.7 Å². The van der Waals surface area contributed by atoms with E-state index in [4.69, 9.17) is 16.3 Å². The number of carbonyl (C=O) groups excluding carboxylic acids is 3. The monoisotopic (exact) mass is 499 g/mol. The molecule has 3 aromatic carbocycles. The van der Waals surface area contributed by atoms with Crippen molar-refractivity contribution in [2.24, 2.45) is 0 Å². The Kier molecular flexibility index (Phi) is 8.60. The molecule has 174 valence electrons. The maximum atomic E-state index is 12.3. The standard InChI is InChI=1S/C23H18ClN3O6S/c24-16-8-10-18(11-9-16)34-20-7-2-1-6-19(20)26-21(28)14-33-22(29)13-25-23(30)15-4-3-5-17(12-15)27(31)32/h1-12H,13-14H2,(H,25,30)(H,26,28). The van der Waals surface area contributed by atoms with Crippen LogP contribution in [0.15, 0.2) is 82.6 Å². The molecule has 0 aliphatic heterocycles. The number of rotatable bonds is 9. The molecule has 0 aliphatic carbocycles. The van der Waals surface area contributed by atoms with Gasteiger partial charge in [0, 0.05) is 32.5 Å². The fourth-order valence-electron chi connectivity index (χ4n) is 2.69. The van der Waals surface area contributed by atoms with Crippen molar-refractivity contribution in [2.45, 2.75) is 9.79 Å². The first-order valence-corrected chi connectivity index (χ1v) is 11.0. The number of anilines is 1. The summed E-state index contributed by atoms with van der Waals surface area (Å²) in [7, 11) is 0. The molecule has 0 spiro atoms. The van der Waals surface area contributed by atoms with Crippen molar-refractivity contribution >= 4 is 52.5 Å². The van der Waals surface area contributed by atoms with Gasteiger partial charge in [0.05, 0.1) is 10.6 Å². The highest BCUT2D eigenvalue weighted by Gasteiger charge is 2.14. The van der Waals surface area contributed by atoms with Crippen LogP contribution in [-0.2, 0) is 14.3 Å². The lowest BCUT2D eigenvalue weighted by Crippen LogP contribution is -2.32. The molecular weight excluding hydrogens is 482 g/mol. The summed E-state index contributed by atoms with van der Waals surface area (Å²) in [5.41, 5.74) is 0.318. The molecule has 0 saturated heterocycles. The van der Waals surface area contributed by atoms with E-state index in [1.54, 1.807) is 24.3 Å². The maximum absolute atomic E-state index is 12.3. The number of esters is 1. The Bertz CT molecular complexity index is 1220. The number of para-hydroxylation sites is 1. The van der Waals surface area contributed by atoms with Gasteiger partial charge in [-0.3, -0.25) is 24.5 Å². The van der Waals surface area contributed by atoms with Gasteiger partial charge in [-0.2, -0.15) is 0 Å². The first-order valence-electron chi connectivity index (χ1n) is 9.82. The second kappa shape index (κ2) is 11.8. The van der Waals surface area contributed by atoms with Crippen molar-refractivity contribution in [1.29, 1.82) is 0 Å². The van der Waals surface area contributed by atoms with Crippen molar-refractivity contribution < 1.29 is 24.0 Å². The quantitative estimate of drug-likeness (QED) is 0.255. The van der Waals surface area contributed by atoms with E-state index in [9.17, 15) is 24.5 Å². The predicted octanol–water partition coefficient (Wildman–Crippen LogP) is 4.31. The number of hydrogen-bond donors (Lipinski definition) is 2. The predicted molar refractivity (Wildman–Crippen MR) is 127 cm³/mol. The minimum absolute atomic E-state index is 0.0227. The molecule has 0 aliphatic rings. The van der Waals surface area contributed by atoms with Gasteiger partial charge in [0.2, 0.25) is 0 Å². The lowest BCUT2D eigenvalue weighted by Gasteiger charge is -2.11. The summed E-state index contributed by atoms with van der Waals surface area (Å²) >= 11 is 7.34. The molecule has 3 rings (SSSR count). The Labute approximate surface area is 203 Å². The third-order valence-electron chi connectivity index (χ3n) is 4.28. The van der Waals surface area contributed by atoms with E-state index in [2.05, 4.69) is 10.6 Å². The van der Waals surface area contributed by atoms with Crippen LogP contribution in [0.25, 0.3) is 0 Å². The smallest absolute Gasteiger partial charge is 0.325 e. The van der Waals surface area contributed by atoms with Crippen LogP contribution in [0.3, 0.4) is 0 Å². The van der Waals surface area contributed by atoms with Gasteiger partial charge in [-0.25, -0.2) is 0 Å². The van der Waals surface area contributed by atoms with Gasteiger partial charge in [0.25, 0.3) is 17.5 Å². The lowest BCUT2D eigenvalue weighted by atomic mass is 10.2. The molecule has 2 amide bonds. The number of hydrogen-bond acceptors (Lipinski definition) is 7. The largest absolute Gasteiger partial charge is 0.454 e. The average molecular weight is 500 g/mol. The molecule has 0 atom stereocenters. The first kappa shape index (κ1) is 24.7. The molecule has 0 heterocycles. The summed E-state index contributed by atoms with van der Waals surface area (Å²) in [5.74, 6) is -2.07. The van der Waals surface area contributed by atoms with Gasteiger partial charge in [-0.1, -0.05) is 41.6 Å². The Morgan fingerprint density at radius 1 is 1.00 bits per heavy atom. The van der Waals surface area contributed by atoms with Crippen LogP contribution >= 0.6 is 23.4 Å². The summed E-state index contributed by atoms with van der Waals surface area (Å²) in [6.07, 6.45) is 0. The molecule has 0 bridgehead atoms. The molecule has 34 heavy (non-hydrogen) atoms. The van der Waals surface area contributed by atoms with Crippen LogP contribution in [0, 0.1) is 10.1 Å². The van der Waals surface area contributed by atoms with Crippen LogP contribution in [0.4, 0.5) is 11.4 Å². The molecule has 0 unspecified atom stereocenters. The van der Waals surface area contributed by atoms with Crippen LogP contribution in [-0.4, -0.2) is 35.9 Å². The summed E-state index contributed by atoms with van der Waals surface area (Å²) in [5, 5.41) is 16.4. The third kappa shape index (κ3) is 7.32. The summed E-state index contributed by atoms with van der Waals surface area (Å²) < 4.78 is 4.90. The van der Waals surface area contributed by atoms with E-state index < -0.39 is 35.9 Å². The van der Waals surface area contributed by atoms with Crippen molar-refractivity contribution in [3.05, 3.63) is 93.5 Å². The zero-order valence-electron chi connectivity index (χ0n) is 17.5. The van der Waals surface area contributed by atoms with E-state index in [0.717, 1.165) is 15.9 Å². The van der Waals surface area contributed by atoms with Gasteiger partial charge in [-0.05, 0) is 42.5 Å². The third-order valence-corrected chi connectivity index (χ3v) is 5.62. The number of carbonyl (C=O) groups is 3. The molecule has 2 N–H and O–H groups in total. The first-order chi connectivity index (χ1) is 16.3. The topological polar surface area (TPSA) is 128 Å². The van der Waals surface area contributed by atoms with E-state index >= 15 is 0 Å². The Hall–Kier alpha value is -3.89. The van der Waals surface area contributed by atoms with E-state index in [1.165, 1.54) is 30.0 Å². The van der Waals surface area contributed by atoms with E-state index in [-0.39, 0.29) is 11.3 Å². The number of nitro benzene ring substituents is 1. The fourth-order valence-corrected chi connectivity index (χ4v) is 3.71. The van der Waals surface area contributed by atoms with Crippen LogP contribution in [0.2, 0.25) is 5.02 Å². The number of ether oxygens (including phenoxy) is 1. The molecule has 0 radical (unpaired) electrons. The van der Waals surface area contributed by atoms with E-state index in [1.807, 2.05) is 24.3 Å². The molecular formula is C23H18ClN3O6S. The maximum Gasteiger partial charge on any atom is 0.325 e. The van der Waals surface area contributed by atoms with Crippen molar-refractivity contribution in [1.82, 2.24) is 5.32 Å². The second-order valence-electron chi connectivity index (χ2n) is 6.75. The number of amides is 2. The Morgan fingerprint density at radius 3 is 2.47 bits per heavy atom. The second-order valence-corrected chi connectivity index (χ2v) is 8.30. The zero-order chi connectivity index (χ0) is 24.5. The highest BCUT2D eigenvalue weighted by molar-refractivity contribution is 7.99. The Morgan fingerprint density at radius 2 is 1.74 bits per heavy atom. The van der Waals surface area contributed by atoms with Gasteiger partial charge in [-0.15, -0.1) is 0 Å². The normalized spacial score (nSPS) is 10.3. The number of nitrogens with one attached hydrogen (secondary N) is 2. The summed E-state index contributed by atoms with van der Waals surface area (Å²) in [6, 6.07) is 19.5. The number of nitro groups is 1. The summed E-state index contributed by atoms with van der Waals surface area (Å²) in [4.78, 5) is 48.1. The molecule has 9 nitrogen and oxygen atoms in total. The van der Waals surface area contributed by atoms with Crippen LogP contribution < -0.4 is 10.6 Å². The van der Waals surface area contributed by atoms with Gasteiger partial charge in [0.1, 0.15) is 6.54 Å². The average Bonchev–Trinajstić information content (AvgIpc) is 2.84. The number of halogens is 1. The van der Waals surface area contributed by atoms with Crippen molar-refractivity contribution in [3.63, 3.8) is 0 Å². The number of nitrogens with zero attached hydrogens (tertiary/aromatic N) is 1. The SMILES string of the molecule is O=C(COC(=O)CNC(=O)c1cccc([N+](=O)[O-])c1)Nc1ccccc1Sc1ccc(Cl)cc1. The van der Waals surface area contributed by atoms with Crippen molar-refractivity contribution in [2.75, 3.05) is 18.5 Å². The van der Waals surface area contributed by atoms with Gasteiger partial charge < -0.3 is 15.4 Å². The fraction of sp³-hybridized carbons (Fsp3) is 0.0870. The molecule has 0 aromatic heterocycles. The van der Waals surface area contributed by atoms with Crippen LogP contribution in [0.1, 0.15) is 10.4 Å². The molecule has 0 saturated carbocycles. The zero-order valence-corrected chi connectivity index (χ0v) is 19.1. The molecule has 11 heteroatoms. The molecule has 3 aromatic rings. The highest BCUT2D eigenvalue weighted by Crippen LogP contribution is 2.33. The number of benzene rings is 3.